The minimum Gasteiger partial charge on any atom is -0.392 e. The van der Waals surface area contributed by atoms with Crippen molar-refractivity contribution in [1.82, 2.24) is 4.98 Å². The number of ether oxygens (including phenoxy) is 2. The van der Waals surface area contributed by atoms with E-state index in [1.54, 1.807) is 6.20 Å². The first-order chi connectivity index (χ1) is 13.8. The van der Waals surface area contributed by atoms with Crippen molar-refractivity contribution in [3.8, 4) is 0 Å². The van der Waals surface area contributed by atoms with E-state index >= 15 is 0 Å². The first kappa shape index (κ1) is 19.7. The Morgan fingerprint density at radius 3 is 2.86 bits per heavy atom. The van der Waals surface area contributed by atoms with Gasteiger partial charge in [-0.1, -0.05) is 19.9 Å². The maximum absolute atomic E-state index is 13.2. The number of rotatable bonds is 1. The second-order valence-electron chi connectivity index (χ2n) is 10.3. The van der Waals surface area contributed by atoms with Crippen LogP contribution in [-0.2, 0) is 14.3 Å². The van der Waals surface area contributed by atoms with Gasteiger partial charge in [-0.15, -0.1) is 0 Å². The molecule has 1 aromatic rings. The van der Waals surface area contributed by atoms with Crippen LogP contribution in [0.4, 0.5) is 0 Å². The second kappa shape index (κ2) is 6.86. The van der Waals surface area contributed by atoms with Gasteiger partial charge in [-0.25, -0.2) is 0 Å². The predicted molar refractivity (Wildman–Crippen MR) is 108 cm³/mol. The van der Waals surface area contributed by atoms with Crippen molar-refractivity contribution in [2.24, 2.45) is 29.1 Å². The van der Waals surface area contributed by atoms with Crippen molar-refractivity contribution in [1.29, 1.82) is 0 Å². The Balaban J connectivity index is 1.45. The molecule has 2 saturated carbocycles. The van der Waals surface area contributed by atoms with Crippen LogP contribution in [0.3, 0.4) is 0 Å². The number of ketones is 1. The van der Waals surface area contributed by atoms with Gasteiger partial charge >= 0.3 is 0 Å². The molecule has 5 rings (SSSR count). The Hall–Kier alpha value is -1.30. The lowest BCUT2D eigenvalue weighted by atomic mass is 9.46. The number of carbonyl (C=O) groups is 1. The maximum Gasteiger partial charge on any atom is 0.139 e. The molecule has 4 fully saturated rings. The molecule has 1 N–H and O–H groups in total. The molecule has 2 saturated heterocycles. The largest absolute Gasteiger partial charge is 0.392 e. The Morgan fingerprint density at radius 1 is 1.28 bits per heavy atom. The van der Waals surface area contributed by atoms with Crippen molar-refractivity contribution in [2.45, 2.75) is 76.8 Å². The third-order valence-corrected chi connectivity index (χ3v) is 8.81. The molecule has 3 heterocycles. The maximum atomic E-state index is 13.2. The Morgan fingerprint density at radius 2 is 2.10 bits per heavy atom. The predicted octanol–water partition coefficient (Wildman–Crippen LogP) is 3.71. The van der Waals surface area contributed by atoms with Gasteiger partial charge in [-0.3, -0.25) is 9.78 Å². The van der Waals surface area contributed by atoms with Gasteiger partial charge in [0.1, 0.15) is 5.78 Å². The normalized spacial score (nSPS) is 49.7. The van der Waals surface area contributed by atoms with Crippen LogP contribution in [-0.4, -0.2) is 40.3 Å². The Bertz CT molecular complexity index is 784. The molecule has 0 aromatic carbocycles. The molecule has 5 heteroatoms. The molecule has 0 amide bonds. The number of fused-ring (bicyclic) bond motifs is 4. The van der Waals surface area contributed by atoms with Crippen molar-refractivity contribution in [3.63, 3.8) is 0 Å². The monoisotopic (exact) mass is 399 g/mol. The van der Waals surface area contributed by atoms with E-state index < -0.39 is 17.1 Å². The van der Waals surface area contributed by atoms with Gasteiger partial charge in [-0.05, 0) is 49.7 Å². The molecule has 9 atom stereocenters. The molecule has 29 heavy (non-hydrogen) atoms. The molecular weight excluding hydrogens is 366 g/mol. The van der Waals surface area contributed by atoms with E-state index in [1.165, 1.54) is 0 Å². The Kier molecular flexibility index (Phi) is 4.65. The van der Waals surface area contributed by atoms with Gasteiger partial charge in [0.05, 0.1) is 30.5 Å². The summed E-state index contributed by atoms with van der Waals surface area (Å²) in [4.78, 5) is 17.5. The van der Waals surface area contributed by atoms with Crippen LogP contribution in [0, 0.1) is 29.1 Å². The minimum atomic E-state index is -0.573. The molecule has 0 spiro atoms. The first-order valence-electron chi connectivity index (χ1n) is 11.3. The van der Waals surface area contributed by atoms with E-state index in [4.69, 9.17) is 9.47 Å². The van der Waals surface area contributed by atoms with Crippen LogP contribution in [0.2, 0.25) is 0 Å². The highest BCUT2D eigenvalue weighted by Gasteiger charge is 2.66. The van der Waals surface area contributed by atoms with Crippen LogP contribution in [0.5, 0.6) is 0 Å². The average Bonchev–Trinajstić information content (AvgIpc) is 2.71. The van der Waals surface area contributed by atoms with Crippen LogP contribution < -0.4 is 0 Å². The number of hydrogen-bond donors (Lipinski definition) is 1. The van der Waals surface area contributed by atoms with Crippen LogP contribution in [0.1, 0.15) is 64.5 Å². The van der Waals surface area contributed by atoms with E-state index in [1.807, 2.05) is 18.3 Å². The summed E-state index contributed by atoms with van der Waals surface area (Å²) < 4.78 is 13.0. The molecule has 5 nitrogen and oxygen atoms in total. The molecule has 2 aliphatic carbocycles. The number of nitrogens with zero attached hydrogens (tertiary/aromatic N) is 1. The first-order valence-corrected chi connectivity index (χ1v) is 11.3. The molecule has 0 bridgehead atoms. The fourth-order valence-corrected chi connectivity index (χ4v) is 7.33. The van der Waals surface area contributed by atoms with E-state index in [0.717, 1.165) is 31.2 Å². The van der Waals surface area contributed by atoms with Gasteiger partial charge in [0.25, 0.3) is 0 Å². The van der Waals surface area contributed by atoms with Gasteiger partial charge in [-0.2, -0.15) is 0 Å². The highest BCUT2D eigenvalue weighted by Crippen LogP contribution is 2.62. The van der Waals surface area contributed by atoms with Crippen molar-refractivity contribution < 1.29 is 19.4 Å². The molecule has 2 aliphatic heterocycles. The van der Waals surface area contributed by atoms with Crippen LogP contribution in [0.25, 0.3) is 0 Å². The van der Waals surface area contributed by atoms with Crippen LogP contribution >= 0.6 is 0 Å². The lowest BCUT2D eigenvalue weighted by molar-refractivity contribution is -0.298. The summed E-state index contributed by atoms with van der Waals surface area (Å²) in [7, 11) is 0. The molecule has 8 unspecified atom stereocenters. The van der Waals surface area contributed by atoms with Gasteiger partial charge in [0, 0.05) is 42.5 Å². The summed E-state index contributed by atoms with van der Waals surface area (Å²) in [6.45, 7) is 6.99. The number of aliphatic hydroxyl groups is 1. The lowest BCUT2D eigenvalue weighted by Crippen LogP contribution is -2.69. The van der Waals surface area contributed by atoms with Gasteiger partial charge < -0.3 is 14.6 Å². The SMILES string of the molecule is CC1CCC(=O)C2(C)C1CCC1(C)OC3CC(c4cccnc4)OCC3[C@@H](O)C12. The number of aliphatic hydroxyl groups excluding tert-OH is 1. The lowest BCUT2D eigenvalue weighted by Gasteiger charge is -2.64. The van der Waals surface area contributed by atoms with E-state index in [-0.39, 0.29) is 24.0 Å². The standard InChI is InChI=1S/C24H33NO4/c1-14-6-7-20(26)24(3)17(14)8-9-23(2)22(24)21(27)16-13-28-18(11-19(16)29-23)15-5-4-10-25-12-15/h4-5,10,12,14,16-19,21-22,27H,6-9,11,13H2,1-3H3/t14?,16?,17?,18?,19?,21-,22?,23?,24?/m1/s1. The summed E-state index contributed by atoms with van der Waals surface area (Å²) in [5.74, 6) is 0.932. The van der Waals surface area contributed by atoms with E-state index in [0.29, 0.717) is 30.6 Å². The number of Topliss-reactive ketones (excluding diaryl/α,β-unsaturated/α-hetero) is 1. The summed E-state index contributed by atoms with van der Waals surface area (Å²) >= 11 is 0. The number of hydrogen-bond acceptors (Lipinski definition) is 5. The highest BCUT2D eigenvalue weighted by atomic mass is 16.5. The summed E-state index contributed by atoms with van der Waals surface area (Å²) in [5.41, 5.74) is 0.0910. The van der Waals surface area contributed by atoms with Crippen molar-refractivity contribution >= 4 is 5.78 Å². The zero-order valence-electron chi connectivity index (χ0n) is 17.7. The zero-order valence-corrected chi connectivity index (χ0v) is 17.7. The summed E-state index contributed by atoms with van der Waals surface area (Å²) in [6.07, 6.45) is 7.17. The smallest absolute Gasteiger partial charge is 0.139 e. The Labute approximate surface area is 173 Å². The van der Waals surface area contributed by atoms with E-state index in [9.17, 15) is 9.90 Å². The fourth-order valence-electron chi connectivity index (χ4n) is 7.33. The summed E-state index contributed by atoms with van der Waals surface area (Å²) in [6, 6.07) is 3.97. The highest BCUT2D eigenvalue weighted by molar-refractivity contribution is 5.86. The fraction of sp³-hybridized carbons (Fsp3) is 0.750. The van der Waals surface area contributed by atoms with Crippen molar-refractivity contribution in [2.75, 3.05) is 6.61 Å². The second-order valence-corrected chi connectivity index (χ2v) is 10.3. The molecule has 1 aromatic heterocycles. The molecule has 4 aliphatic rings. The summed E-state index contributed by atoms with van der Waals surface area (Å²) in [5, 5.41) is 11.6. The van der Waals surface area contributed by atoms with Crippen LogP contribution in [0.15, 0.2) is 24.5 Å². The molecule has 0 radical (unpaired) electrons. The quantitative estimate of drug-likeness (QED) is 0.780. The number of carbonyl (C=O) groups excluding carboxylic acids is 1. The number of aromatic nitrogens is 1. The number of pyridine rings is 1. The minimum absolute atomic E-state index is 0.0542. The third kappa shape index (κ3) is 2.84. The molecule has 158 valence electrons. The third-order valence-electron chi connectivity index (χ3n) is 8.81. The average molecular weight is 400 g/mol. The zero-order chi connectivity index (χ0) is 20.4. The topological polar surface area (TPSA) is 68.7 Å². The molecular formula is C24H33NO4. The van der Waals surface area contributed by atoms with Gasteiger partial charge in [0.15, 0.2) is 0 Å². The van der Waals surface area contributed by atoms with E-state index in [2.05, 4.69) is 25.8 Å². The van der Waals surface area contributed by atoms with Crippen molar-refractivity contribution in [3.05, 3.63) is 30.1 Å². The van der Waals surface area contributed by atoms with Gasteiger partial charge in [0.2, 0.25) is 0 Å².